The summed E-state index contributed by atoms with van der Waals surface area (Å²) in [5, 5.41) is 0. The van der Waals surface area contributed by atoms with E-state index in [1.54, 1.807) is 16.4 Å². The van der Waals surface area contributed by atoms with Gasteiger partial charge in [-0.1, -0.05) is 29.8 Å². The molecule has 0 aliphatic carbocycles. The second-order valence-corrected chi connectivity index (χ2v) is 8.78. The number of piperidine rings is 1. The number of nitrogens with zero attached hydrogens (tertiary/aromatic N) is 1. The van der Waals surface area contributed by atoms with E-state index in [1.807, 2.05) is 6.92 Å². The molecule has 2 unspecified atom stereocenters. The van der Waals surface area contributed by atoms with E-state index in [-0.39, 0.29) is 4.90 Å². The molecular formula is C15H22BrNO3S. The fraction of sp³-hybridized carbons (Fsp3) is 0.600. The van der Waals surface area contributed by atoms with Gasteiger partial charge in [0.25, 0.3) is 0 Å². The summed E-state index contributed by atoms with van der Waals surface area (Å²) in [5.74, 6) is 1.16. The van der Waals surface area contributed by atoms with Gasteiger partial charge in [0.1, 0.15) is 10.6 Å². The van der Waals surface area contributed by atoms with Crippen LogP contribution in [0.5, 0.6) is 5.75 Å². The zero-order valence-electron chi connectivity index (χ0n) is 12.9. The molecule has 21 heavy (non-hydrogen) atoms. The highest BCUT2D eigenvalue weighted by Crippen LogP contribution is 2.34. The third-order valence-electron chi connectivity index (χ3n) is 3.90. The molecule has 1 aliphatic rings. The molecule has 6 heteroatoms. The fourth-order valence-electron chi connectivity index (χ4n) is 2.94. The topological polar surface area (TPSA) is 46.6 Å². The number of sulfonamides is 1. The van der Waals surface area contributed by atoms with Crippen molar-refractivity contribution < 1.29 is 13.2 Å². The molecule has 0 radical (unpaired) electrons. The van der Waals surface area contributed by atoms with E-state index in [9.17, 15) is 8.42 Å². The van der Waals surface area contributed by atoms with E-state index in [4.69, 9.17) is 4.74 Å². The van der Waals surface area contributed by atoms with Gasteiger partial charge in [0.2, 0.25) is 10.0 Å². The first-order valence-electron chi connectivity index (χ1n) is 7.10. The molecule has 118 valence electrons. The van der Waals surface area contributed by atoms with Crippen LogP contribution in [0.1, 0.15) is 25.8 Å². The van der Waals surface area contributed by atoms with Crippen molar-refractivity contribution in [1.29, 1.82) is 0 Å². The first-order valence-corrected chi connectivity index (χ1v) is 9.33. The van der Waals surface area contributed by atoms with E-state index in [1.165, 1.54) is 7.11 Å². The fourth-order valence-corrected chi connectivity index (χ4v) is 5.28. The number of ether oxygens (including phenoxy) is 1. The zero-order valence-corrected chi connectivity index (χ0v) is 15.3. The number of benzene rings is 1. The molecule has 1 aromatic carbocycles. The maximum atomic E-state index is 12.9. The molecule has 1 fully saturated rings. The van der Waals surface area contributed by atoms with E-state index >= 15 is 0 Å². The Hall–Kier alpha value is -0.590. The third-order valence-corrected chi connectivity index (χ3v) is 6.61. The van der Waals surface area contributed by atoms with Crippen molar-refractivity contribution in [2.45, 2.75) is 32.1 Å². The number of hydrogen-bond donors (Lipinski definition) is 0. The van der Waals surface area contributed by atoms with Gasteiger partial charge in [0, 0.05) is 17.6 Å². The molecule has 4 nitrogen and oxygen atoms in total. The quantitative estimate of drug-likeness (QED) is 0.812. The standard InChI is InChI=1S/C15H22BrNO3S/c1-10-5-11(2)9-17(8-10)21(18,19)15-7-13(16)12(3)6-14(15)20-4/h6-7,10-11H,5,8-9H2,1-4H3. The molecule has 1 aliphatic heterocycles. The van der Waals surface area contributed by atoms with Crippen LogP contribution in [0.4, 0.5) is 0 Å². The van der Waals surface area contributed by atoms with Crippen LogP contribution in [0.3, 0.4) is 0 Å². The molecular weight excluding hydrogens is 354 g/mol. The Morgan fingerprint density at radius 3 is 2.33 bits per heavy atom. The van der Waals surface area contributed by atoms with Crippen molar-refractivity contribution in [2.75, 3.05) is 20.2 Å². The number of halogens is 1. The normalized spacial score (nSPS) is 24.0. The van der Waals surface area contributed by atoms with Crippen LogP contribution >= 0.6 is 15.9 Å². The predicted octanol–water partition coefficient (Wildman–Crippen LogP) is 3.43. The minimum Gasteiger partial charge on any atom is -0.495 e. The first-order chi connectivity index (χ1) is 9.75. The largest absolute Gasteiger partial charge is 0.495 e. The number of hydrogen-bond acceptors (Lipinski definition) is 3. The Morgan fingerprint density at radius 2 is 1.81 bits per heavy atom. The summed E-state index contributed by atoms with van der Waals surface area (Å²) in [4.78, 5) is 0.240. The lowest BCUT2D eigenvalue weighted by Crippen LogP contribution is -2.42. The van der Waals surface area contributed by atoms with Crippen LogP contribution < -0.4 is 4.74 Å². The highest BCUT2D eigenvalue weighted by molar-refractivity contribution is 9.10. The van der Waals surface area contributed by atoms with Gasteiger partial charge in [0.15, 0.2) is 0 Å². The molecule has 0 amide bonds. The molecule has 0 saturated carbocycles. The van der Waals surface area contributed by atoms with Crippen LogP contribution in [0.2, 0.25) is 0 Å². The smallest absolute Gasteiger partial charge is 0.246 e. The number of methoxy groups -OCH3 is 1. The molecule has 1 heterocycles. The highest BCUT2D eigenvalue weighted by Gasteiger charge is 2.33. The van der Waals surface area contributed by atoms with Crippen molar-refractivity contribution in [3.05, 3.63) is 22.2 Å². The third kappa shape index (κ3) is 3.43. The van der Waals surface area contributed by atoms with Crippen molar-refractivity contribution in [1.82, 2.24) is 4.31 Å². The Labute approximate surface area is 135 Å². The van der Waals surface area contributed by atoms with Gasteiger partial charge in [-0.3, -0.25) is 0 Å². The van der Waals surface area contributed by atoms with Crippen molar-refractivity contribution in [2.24, 2.45) is 11.8 Å². The van der Waals surface area contributed by atoms with Gasteiger partial charge < -0.3 is 4.74 Å². The Morgan fingerprint density at radius 1 is 1.24 bits per heavy atom. The molecule has 0 spiro atoms. The molecule has 1 aromatic rings. The molecule has 2 rings (SSSR count). The number of rotatable bonds is 3. The van der Waals surface area contributed by atoms with E-state index in [2.05, 4.69) is 29.8 Å². The van der Waals surface area contributed by atoms with Crippen molar-refractivity contribution >= 4 is 26.0 Å². The lowest BCUT2D eigenvalue weighted by Gasteiger charge is -2.34. The van der Waals surface area contributed by atoms with Gasteiger partial charge in [-0.05, 0) is 42.9 Å². The van der Waals surface area contributed by atoms with Crippen LogP contribution in [-0.2, 0) is 10.0 Å². The predicted molar refractivity (Wildman–Crippen MR) is 87.1 cm³/mol. The minimum atomic E-state index is -3.53. The Bertz CT molecular complexity index is 620. The summed E-state index contributed by atoms with van der Waals surface area (Å²) in [6, 6.07) is 3.40. The SMILES string of the molecule is COc1cc(C)c(Br)cc1S(=O)(=O)N1CC(C)CC(C)C1. The summed E-state index contributed by atoms with van der Waals surface area (Å²) in [6.07, 6.45) is 1.07. The lowest BCUT2D eigenvalue weighted by atomic mass is 9.94. The summed E-state index contributed by atoms with van der Waals surface area (Å²) < 4.78 is 33.5. The summed E-state index contributed by atoms with van der Waals surface area (Å²) in [5.41, 5.74) is 0.950. The molecule has 2 atom stereocenters. The minimum absolute atomic E-state index is 0.240. The average molecular weight is 376 g/mol. The summed E-state index contributed by atoms with van der Waals surface area (Å²) in [7, 11) is -2.03. The molecule has 0 N–H and O–H groups in total. The average Bonchev–Trinajstić information content (AvgIpc) is 2.40. The van der Waals surface area contributed by atoms with Crippen LogP contribution in [-0.4, -0.2) is 32.9 Å². The second-order valence-electron chi connectivity index (χ2n) is 6.02. The van der Waals surface area contributed by atoms with Crippen LogP contribution in [0.25, 0.3) is 0 Å². The van der Waals surface area contributed by atoms with Gasteiger partial charge in [0.05, 0.1) is 7.11 Å². The summed E-state index contributed by atoms with van der Waals surface area (Å²) in [6.45, 7) is 7.25. The maximum Gasteiger partial charge on any atom is 0.246 e. The number of aryl methyl sites for hydroxylation is 1. The van der Waals surface area contributed by atoms with E-state index < -0.39 is 10.0 Å². The first kappa shape index (κ1) is 16.8. The Balaban J connectivity index is 2.46. The van der Waals surface area contributed by atoms with Crippen LogP contribution in [0.15, 0.2) is 21.5 Å². The zero-order chi connectivity index (χ0) is 15.8. The monoisotopic (exact) mass is 375 g/mol. The van der Waals surface area contributed by atoms with Gasteiger partial charge >= 0.3 is 0 Å². The lowest BCUT2D eigenvalue weighted by molar-refractivity contribution is 0.222. The van der Waals surface area contributed by atoms with Crippen LogP contribution in [0, 0.1) is 18.8 Å². The Kier molecular flexibility index (Phi) is 5.00. The highest BCUT2D eigenvalue weighted by atomic mass is 79.9. The van der Waals surface area contributed by atoms with Gasteiger partial charge in [-0.15, -0.1) is 0 Å². The summed E-state index contributed by atoms with van der Waals surface area (Å²) >= 11 is 3.41. The van der Waals surface area contributed by atoms with Crippen molar-refractivity contribution in [3.63, 3.8) is 0 Å². The molecule has 1 saturated heterocycles. The van der Waals surface area contributed by atoms with Gasteiger partial charge in [-0.25, -0.2) is 8.42 Å². The molecule has 0 bridgehead atoms. The molecule has 0 aromatic heterocycles. The van der Waals surface area contributed by atoms with E-state index in [0.29, 0.717) is 30.7 Å². The maximum absolute atomic E-state index is 12.9. The van der Waals surface area contributed by atoms with Crippen molar-refractivity contribution in [3.8, 4) is 5.75 Å². The van der Waals surface area contributed by atoms with E-state index in [0.717, 1.165) is 16.5 Å². The van der Waals surface area contributed by atoms with Gasteiger partial charge in [-0.2, -0.15) is 4.31 Å². The second kappa shape index (κ2) is 6.26.